The molecule has 2 aliphatic heterocycles. The largest absolute Gasteiger partial charge is 0.478 e. The van der Waals surface area contributed by atoms with E-state index >= 15 is 0 Å². The van der Waals surface area contributed by atoms with Gasteiger partial charge in [0.25, 0.3) is 0 Å². The van der Waals surface area contributed by atoms with Gasteiger partial charge in [-0.3, -0.25) is 4.90 Å². The van der Waals surface area contributed by atoms with Crippen molar-refractivity contribution in [3.63, 3.8) is 0 Å². The molecule has 4 nitrogen and oxygen atoms in total. The lowest BCUT2D eigenvalue weighted by molar-refractivity contribution is 0.0696. The number of hydrogen-bond donors (Lipinski definition) is 1. The highest BCUT2D eigenvalue weighted by atomic mass is 16.4. The minimum atomic E-state index is -0.810. The second kappa shape index (κ2) is 4.12. The zero-order chi connectivity index (χ0) is 12.9. The zero-order valence-electron chi connectivity index (χ0n) is 11.0. The summed E-state index contributed by atoms with van der Waals surface area (Å²) in [5, 5.41) is 9.21. The first-order valence-corrected chi connectivity index (χ1v) is 6.75. The van der Waals surface area contributed by atoms with Crippen LogP contribution in [0.15, 0.2) is 6.07 Å². The highest BCUT2D eigenvalue weighted by Gasteiger charge is 2.39. The maximum Gasteiger partial charge on any atom is 0.337 e. The Labute approximate surface area is 107 Å². The molecule has 2 fully saturated rings. The van der Waals surface area contributed by atoms with E-state index in [0.29, 0.717) is 17.6 Å². The summed E-state index contributed by atoms with van der Waals surface area (Å²) in [6.45, 7) is 6.34. The molecule has 3 rings (SSSR count). The van der Waals surface area contributed by atoms with E-state index in [1.54, 1.807) is 0 Å². The fourth-order valence-corrected chi connectivity index (χ4v) is 3.86. The van der Waals surface area contributed by atoms with Gasteiger partial charge in [0.1, 0.15) is 0 Å². The van der Waals surface area contributed by atoms with E-state index in [-0.39, 0.29) is 0 Å². The number of carboxylic acids is 1. The van der Waals surface area contributed by atoms with Crippen LogP contribution in [0.4, 0.5) is 0 Å². The molecule has 4 heteroatoms. The maximum atomic E-state index is 11.2. The Hall–Kier alpha value is -1.29. The van der Waals surface area contributed by atoms with Crippen LogP contribution in [0.5, 0.6) is 0 Å². The number of aromatic carboxylic acids is 1. The van der Waals surface area contributed by atoms with Crippen molar-refractivity contribution in [1.82, 2.24) is 9.47 Å². The summed E-state index contributed by atoms with van der Waals surface area (Å²) < 4.78 is 2.26. The third-order valence-electron chi connectivity index (χ3n) is 4.62. The van der Waals surface area contributed by atoms with Gasteiger partial charge in [0.2, 0.25) is 0 Å². The Bertz CT molecular complexity index is 492. The minimum absolute atomic E-state index is 0.462. The van der Waals surface area contributed by atoms with Gasteiger partial charge in [0.05, 0.1) is 11.6 Å². The van der Waals surface area contributed by atoms with Crippen molar-refractivity contribution in [3.8, 4) is 0 Å². The summed E-state index contributed by atoms with van der Waals surface area (Å²) in [7, 11) is 0. The van der Waals surface area contributed by atoms with Crippen LogP contribution in [0.25, 0.3) is 0 Å². The molecule has 0 aliphatic carbocycles. The Morgan fingerprint density at radius 2 is 2.06 bits per heavy atom. The summed E-state index contributed by atoms with van der Waals surface area (Å²) in [5.41, 5.74) is 2.46. The fourth-order valence-electron chi connectivity index (χ4n) is 3.86. The van der Waals surface area contributed by atoms with Gasteiger partial charge < -0.3 is 9.67 Å². The molecule has 3 heterocycles. The predicted molar refractivity (Wildman–Crippen MR) is 69.1 cm³/mol. The molecule has 0 amide bonds. The van der Waals surface area contributed by atoms with Gasteiger partial charge in [-0.25, -0.2) is 4.79 Å². The molecule has 0 radical (unpaired) electrons. The number of carboxylic acid groups (broad SMARTS) is 1. The quantitative estimate of drug-likeness (QED) is 0.872. The lowest BCUT2D eigenvalue weighted by Crippen LogP contribution is -2.28. The Morgan fingerprint density at radius 1 is 1.28 bits per heavy atom. The average molecular weight is 248 g/mol. The van der Waals surface area contributed by atoms with Gasteiger partial charge in [0.15, 0.2) is 0 Å². The van der Waals surface area contributed by atoms with Crippen molar-refractivity contribution in [2.75, 3.05) is 13.1 Å². The normalized spacial score (nSPS) is 27.7. The molecule has 1 aromatic heterocycles. The van der Waals surface area contributed by atoms with Crippen LogP contribution >= 0.6 is 0 Å². The Balaban J connectivity index is 1.99. The SMILES string of the molecule is Cc1cc(C(=O)O)c(C)n1C1CCN2CCCC12. The molecular weight excluding hydrogens is 228 g/mol. The van der Waals surface area contributed by atoms with Gasteiger partial charge in [-0.2, -0.15) is 0 Å². The van der Waals surface area contributed by atoms with Crippen LogP contribution in [-0.2, 0) is 0 Å². The molecule has 2 saturated heterocycles. The molecule has 1 aromatic rings. The summed E-state index contributed by atoms with van der Waals surface area (Å²) in [6.07, 6.45) is 3.69. The third kappa shape index (κ3) is 1.59. The number of fused-ring (bicyclic) bond motifs is 1. The van der Waals surface area contributed by atoms with Crippen molar-refractivity contribution in [3.05, 3.63) is 23.0 Å². The van der Waals surface area contributed by atoms with Crippen LogP contribution in [0, 0.1) is 13.8 Å². The molecule has 0 spiro atoms. The van der Waals surface area contributed by atoms with E-state index in [1.165, 1.54) is 19.4 Å². The van der Waals surface area contributed by atoms with Crippen molar-refractivity contribution < 1.29 is 9.90 Å². The summed E-state index contributed by atoms with van der Waals surface area (Å²) in [5.74, 6) is -0.810. The third-order valence-corrected chi connectivity index (χ3v) is 4.62. The molecule has 0 saturated carbocycles. The molecule has 0 aromatic carbocycles. The Morgan fingerprint density at radius 3 is 2.72 bits per heavy atom. The van der Waals surface area contributed by atoms with E-state index in [2.05, 4.69) is 9.47 Å². The fraction of sp³-hybridized carbons (Fsp3) is 0.643. The first-order chi connectivity index (χ1) is 8.59. The monoisotopic (exact) mass is 248 g/mol. The van der Waals surface area contributed by atoms with E-state index in [9.17, 15) is 9.90 Å². The average Bonchev–Trinajstić information content (AvgIpc) is 2.94. The van der Waals surface area contributed by atoms with Crippen LogP contribution in [-0.4, -0.2) is 39.7 Å². The highest BCUT2D eigenvalue weighted by Crippen LogP contribution is 2.38. The van der Waals surface area contributed by atoms with Crippen LogP contribution in [0.3, 0.4) is 0 Å². The summed E-state index contributed by atoms with van der Waals surface area (Å²) >= 11 is 0. The molecular formula is C14H20N2O2. The molecule has 18 heavy (non-hydrogen) atoms. The van der Waals surface area contributed by atoms with E-state index in [0.717, 1.165) is 24.4 Å². The number of carbonyl (C=O) groups is 1. The van der Waals surface area contributed by atoms with Crippen molar-refractivity contribution in [1.29, 1.82) is 0 Å². The number of rotatable bonds is 2. The number of hydrogen-bond acceptors (Lipinski definition) is 2. The molecule has 98 valence electrons. The first-order valence-electron chi connectivity index (χ1n) is 6.75. The molecule has 1 N–H and O–H groups in total. The molecule has 0 bridgehead atoms. The van der Waals surface area contributed by atoms with E-state index in [1.807, 2.05) is 19.9 Å². The second-order valence-corrected chi connectivity index (χ2v) is 5.56. The first kappa shape index (κ1) is 11.8. The van der Waals surface area contributed by atoms with Crippen molar-refractivity contribution in [2.24, 2.45) is 0 Å². The standard InChI is InChI=1S/C14H20N2O2/c1-9-8-11(14(17)18)10(2)16(9)13-5-7-15-6-3-4-12(13)15/h8,12-13H,3-7H2,1-2H3,(H,17,18). The van der Waals surface area contributed by atoms with Gasteiger partial charge in [-0.15, -0.1) is 0 Å². The van der Waals surface area contributed by atoms with Gasteiger partial charge >= 0.3 is 5.97 Å². The van der Waals surface area contributed by atoms with Crippen molar-refractivity contribution >= 4 is 5.97 Å². The van der Waals surface area contributed by atoms with Gasteiger partial charge in [-0.1, -0.05) is 0 Å². The van der Waals surface area contributed by atoms with Crippen molar-refractivity contribution in [2.45, 2.75) is 45.2 Å². The minimum Gasteiger partial charge on any atom is -0.478 e. The Kier molecular flexibility index (Phi) is 2.70. The summed E-state index contributed by atoms with van der Waals surface area (Å²) in [4.78, 5) is 13.8. The van der Waals surface area contributed by atoms with Gasteiger partial charge in [0, 0.05) is 24.0 Å². The van der Waals surface area contributed by atoms with Crippen LogP contribution in [0.1, 0.15) is 47.1 Å². The highest BCUT2D eigenvalue weighted by molar-refractivity contribution is 5.89. The number of nitrogens with zero attached hydrogens (tertiary/aromatic N) is 2. The van der Waals surface area contributed by atoms with E-state index < -0.39 is 5.97 Å². The topological polar surface area (TPSA) is 45.5 Å². The van der Waals surface area contributed by atoms with Crippen LogP contribution in [0.2, 0.25) is 0 Å². The van der Waals surface area contributed by atoms with Crippen LogP contribution < -0.4 is 0 Å². The number of aryl methyl sites for hydroxylation is 1. The molecule has 2 unspecified atom stereocenters. The lowest BCUT2D eigenvalue weighted by Gasteiger charge is -2.24. The predicted octanol–water partition coefficient (Wildman–Crippen LogP) is 2.21. The maximum absolute atomic E-state index is 11.2. The lowest BCUT2D eigenvalue weighted by atomic mass is 10.1. The zero-order valence-corrected chi connectivity index (χ0v) is 11.0. The molecule has 2 aliphatic rings. The second-order valence-electron chi connectivity index (χ2n) is 5.56. The number of aromatic nitrogens is 1. The smallest absolute Gasteiger partial charge is 0.337 e. The summed E-state index contributed by atoms with van der Waals surface area (Å²) in [6, 6.07) is 2.91. The van der Waals surface area contributed by atoms with E-state index in [4.69, 9.17) is 0 Å². The van der Waals surface area contributed by atoms with Gasteiger partial charge in [-0.05, 0) is 45.7 Å². The molecule has 2 atom stereocenters.